The van der Waals surface area contributed by atoms with Crippen LogP contribution in [0.1, 0.15) is 44.1 Å². The van der Waals surface area contributed by atoms with Crippen LogP contribution in [-0.2, 0) is 11.2 Å². The zero-order valence-electron chi connectivity index (χ0n) is 21.8. The van der Waals surface area contributed by atoms with Gasteiger partial charge in [0, 0.05) is 23.5 Å². The number of ether oxygens (including phenoxy) is 1. The predicted molar refractivity (Wildman–Crippen MR) is 155 cm³/mol. The lowest BCUT2D eigenvalue weighted by atomic mass is 10.1. The van der Waals surface area contributed by atoms with Crippen molar-refractivity contribution in [3.05, 3.63) is 64.1 Å². The molecule has 2 aromatic carbocycles. The van der Waals surface area contributed by atoms with Gasteiger partial charge >= 0.3 is 0 Å². The minimum atomic E-state index is -0.227. The van der Waals surface area contributed by atoms with Crippen molar-refractivity contribution in [2.24, 2.45) is 11.7 Å². The molecule has 1 aliphatic carbocycles. The van der Waals surface area contributed by atoms with Crippen LogP contribution in [0.2, 0.25) is 10.0 Å². The number of benzene rings is 2. The van der Waals surface area contributed by atoms with Gasteiger partial charge in [0.25, 0.3) is 0 Å². The molecule has 3 fully saturated rings. The molecule has 3 aliphatic rings. The van der Waals surface area contributed by atoms with Crippen molar-refractivity contribution >= 4 is 45.8 Å². The van der Waals surface area contributed by atoms with Crippen LogP contribution in [0.4, 0.5) is 5.82 Å². The monoisotopic (exact) mass is 554 g/mol. The second-order valence-electron chi connectivity index (χ2n) is 10.6. The first kappa shape index (κ1) is 27.0. The van der Waals surface area contributed by atoms with Crippen LogP contribution in [0.15, 0.2) is 48.5 Å². The van der Waals surface area contributed by atoms with E-state index in [9.17, 15) is 4.79 Å². The summed E-state index contributed by atoms with van der Waals surface area (Å²) in [7, 11) is 0. The number of nitrogens with zero attached hydrogens (tertiary/aromatic N) is 3. The van der Waals surface area contributed by atoms with E-state index in [0.29, 0.717) is 17.7 Å². The number of carbonyl (C=O) groups excluding carboxylic acids is 1. The van der Waals surface area contributed by atoms with Crippen molar-refractivity contribution in [1.29, 1.82) is 0 Å². The molecule has 202 valence electrons. The van der Waals surface area contributed by atoms with Gasteiger partial charge in [0.05, 0.1) is 22.6 Å². The highest BCUT2D eigenvalue weighted by Gasteiger charge is 2.27. The summed E-state index contributed by atoms with van der Waals surface area (Å²) in [6.45, 7) is 5.27. The lowest BCUT2D eigenvalue weighted by molar-refractivity contribution is -0.121. The number of pyridine rings is 1. The Morgan fingerprint density at radius 2 is 1.82 bits per heavy atom. The van der Waals surface area contributed by atoms with Gasteiger partial charge in [-0.05, 0) is 113 Å². The Morgan fingerprint density at radius 3 is 2.53 bits per heavy atom. The Balaban J connectivity index is 0.000000155. The van der Waals surface area contributed by atoms with Gasteiger partial charge in [-0.3, -0.25) is 4.79 Å². The number of anilines is 1. The molecule has 2 saturated heterocycles. The minimum absolute atomic E-state index is 0.0669. The lowest BCUT2D eigenvalue weighted by Gasteiger charge is -2.17. The minimum Gasteiger partial charge on any atom is -0.489 e. The highest BCUT2D eigenvalue weighted by Crippen LogP contribution is 2.32. The normalized spacial score (nSPS) is 19.4. The number of nitrogens with two attached hydrogens (primary N) is 1. The fourth-order valence-corrected chi connectivity index (χ4v) is 5.56. The van der Waals surface area contributed by atoms with E-state index in [1.807, 2.05) is 36.4 Å². The Hall–Kier alpha value is -2.54. The topological polar surface area (TPSA) is 71.7 Å². The zero-order valence-corrected chi connectivity index (χ0v) is 23.3. The van der Waals surface area contributed by atoms with E-state index < -0.39 is 0 Å². The molecule has 0 spiro atoms. The van der Waals surface area contributed by atoms with Gasteiger partial charge in [0.15, 0.2) is 0 Å². The molecule has 3 heterocycles. The number of carbonyl (C=O) groups is 1. The molecular formula is C30H36Cl2N4O2. The van der Waals surface area contributed by atoms with E-state index in [2.05, 4.69) is 26.9 Å². The molecule has 0 radical (unpaired) electrons. The number of rotatable bonds is 8. The summed E-state index contributed by atoms with van der Waals surface area (Å²) in [4.78, 5) is 20.5. The highest BCUT2D eigenvalue weighted by atomic mass is 35.5. The van der Waals surface area contributed by atoms with Crippen LogP contribution in [-0.4, -0.2) is 54.6 Å². The average molecular weight is 556 g/mol. The number of aromatic nitrogens is 1. The number of primary amides is 1. The molecule has 8 heteroatoms. The number of hydrogen-bond donors (Lipinski definition) is 1. The molecule has 6 nitrogen and oxygen atoms in total. The van der Waals surface area contributed by atoms with E-state index >= 15 is 0 Å². The van der Waals surface area contributed by atoms with Gasteiger partial charge in [-0.25, -0.2) is 4.98 Å². The van der Waals surface area contributed by atoms with Crippen molar-refractivity contribution < 1.29 is 9.53 Å². The third-order valence-electron chi connectivity index (χ3n) is 7.50. The van der Waals surface area contributed by atoms with Crippen LogP contribution in [0.25, 0.3) is 10.9 Å². The molecule has 2 aliphatic heterocycles. The van der Waals surface area contributed by atoms with Gasteiger partial charge in [0.2, 0.25) is 5.91 Å². The largest absolute Gasteiger partial charge is 0.489 e. The molecule has 1 saturated carbocycles. The third kappa shape index (κ3) is 7.31. The van der Waals surface area contributed by atoms with E-state index in [1.165, 1.54) is 57.3 Å². The number of hydrogen-bond acceptors (Lipinski definition) is 5. The number of fused-ring (bicyclic) bond motifs is 1. The molecule has 3 aromatic rings. The number of amides is 1. The van der Waals surface area contributed by atoms with Gasteiger partial charge in [-0.1, -0.05) is 29.3 Å². The fourth-order valence-electron chi connectivity index (χ4n) is 5.14. The summed E-state index contributed by atoms with van der Waals surface area (Å²) in [5.41, 5.74) is 7.58. The summed E-state index contributed by atoms with van der Waals surface area (Å²) in [6.07, 6.45) is 8.65. The second kappa shape index (κ2) is 12.5. The first-order chi connectivity index (χ1) is 18.4. The second-order valence-corrected chi connectivity index (χ2v) is 11.4. The van der Waals surface area contributed by atoms with Gasteiger partial charge in [0.1, 0.15) is 11.6 Å². The molecule has 1 atom stereocenters. The van der Waals surface area contributed by atoms with Gasteiger partial charge in [-0.2, -0.15) is 0 Å². The zero-order chi connectivity index (χ0) is 26.5. The Labute approximate surface area is 235 Å². The molecular weight excluding hydrogens is 519 g/mol. The number of halogens is 2. The smallest absolute Gasteiger partial charge is 0.222 e. The molecule has 6 rings (SSSR count). The van der Waals surface area contributed by atoms with E-state index in [-0.39, 0.29) is 11.8 Å². The van der Waals surface area contributed by atoms with E-state index in [1.54, 1.807) is 0 Å². The summed E-state index contributed by atoms with van der Waals surface area (Å²) in [6, 6.07) is 15.9. The lowest BCUT2D eigenvalue weighted by Crippen LogP contribution is -2.27. The molecule has 1 amide bonds. The van der Waals surface area contributed by atoms with Crippen molar-refractivity contribution in [3.63, 3.8) is 0 Å². The maximum Gasteiger partial charge on any atom is 0.222 e. The summed E-state index contributed by atoms with van der Waals surface area (Å²) < 4.78 is 5.76. The van der Waals surface area contributed by atoms with E-state index in [4.69, 9.17) is 33.7 Å². The fraction of sp³-hybridized carbons (Fsp3) is 0.467. The molecule has 38 heavy (non-hydrogen) atoms. The standard InChI is InChI=1S/C16H22ClNO.C14H14ClN3O/c17-15-12-13(4-3-11-18-9-1-2-10-18)5-8-16(15)19-14-6-7-14;15-11-2-3-12-9(7-11)1-4-13(17-12)18-6-5-10(8-18)14(16)19/h5,8,12,14H,1-4,6-7,9-11H2;1-4,7,10H,5-6,8H2,(H2,16,19). The van der Waals surface area contributed by atoms with Crippen LogP contribution in [0.5, 0.6) is 5.75 Å². The summed E-state index contributed by atoms with van der Waals surface area (Å²) in [5.74, 6) is 1.45. The van der Waals surface area contributed by atoms with Crippen molar-refractivity contribution in [3.8, 4) is 5.75 Å². The first-order valence-electron chi connectivity index (χ1n) is 13.7. The van der Waals surface area contributed by atoms with Crippen LogP contribution in [0.3, 0.4) is 0 Å². The summed E-state index contributed by atoms with van der Waals surface area (Å²) in [5, 5.41) is 2.49. The van der Waals surface area contributed by atoms with Crippen molar-refractivity contribution in [2.75, 3.05) is 37.6 Å². The molecule has 1 aromatic heterocycles. The highest BCUT2D eigenvalue weighted by molar-refractivity contribution is 6.32. The number of aryl methyl sites for hydroxylation is 1. The van der Waals surface area contributed by atoms with Gasteiger partial charge in [-0.15, -0.1) is 0 Å². The number of likely N-dealkylation sites (tertiary alicyclic amines) is 1. The van der Waals surface area contributed by atoms with Crippen LogP contribution in [0, 0.1) is 5.92 Å². The maximum absolute atomic E-state index is 11.2. The Kier molecular flexibility index (Phi) is 8.93. The molecule has 0 bridgehead atoms. The first-order valence-corrected chi connectivity index (χ1v) is 14.5. The van der Waals surface area contributed by atoms with Crippen LogP contribution >= 0.6 is 23.2 Å². The average Bonchev–Trinajstić information content (AvgIpc) is 3.35. The Bertz CT molecular complexity index is 1260. The van der Waals surface area contributed by atoms with Crippen molar-refractivity contribution in [2.45, 2.75) is 51.0 Å². The Morgan fingerprint density at radius 1 is 1.00 bits per heavy atom. The SMILES string of the molecule is Clc1cc(CCCN2CCCC2)ccc1OC1CC1.NC(=O)C1CCN(c2ccc3cc(Cl)ccc3n2)C1. The molecule has 2 N–H and O–H groups in total. The van der Waals surface area contributed by atoms with E-state index in [0.717, 1.165) is 46.9 Å². The predicted octanol–water partition coefficient (Wildman–Crippen LogP) is 6.11. The van der Waals surface area contributed by atoms with Gasteiger partial charge < -0.3 is 20.3 Å². The quantitative estimate of drug-likeness (QED) is 0.363. The van der Waals surface area contributed by atoms with Crippen molar-refractivity contribution in [1.82, 2.24) is 9.88 Å². The molecule has 1 unspecified atom stereocenters. The summed E-state index contributed by atoms with van der Waals surface area (Å²) >= 11 is 12.2. The third-order valence-corrected chi connectivity index (χ3v) is 8.03. The van der Waals surface area contributed by atoms with Crippen LogP contribution < -0.4 is 15.4 Å². The maximum atomic E-state index is 11.2.